The number of hydrogen-bond acceptors (Lipinski definition) is 4. The number of ether oxygens (including phenoxy) is 1. The number of hydrogen-bond donors (Lipinski definition) is 1. The lowest BCUT2D eigenvalue weighted by Gasteiger charge is -2.20. The molecule has 1 saturated heterocycles. The number of oxazole rings is 1. The van der Waals surface area contributed by atoms with Crippen LogP contribution in [0.5, 0.6) is 0 Å². The van der Waals surface area contributed by atoms with Crippen LogP contribution in [0.25, 0.3) is 0 Å². The van der Waals surface area contributed by atoms with Crippen LogP contribution in [0, 0.1) is 0 Å². The van der Waals surface area contributed by atoms with Gasteiger partial charge in [-0.15, -0.1) is 0 Å². The van der Waals surface area contributed by atoms with Crippen LogP contribution in [0.15, 0.2) is 10.8 Å². The lowest BCUT2D eigenvalue weighted by molar-refractivity contribution is 0.0800. The standard InChI is InChI=1S/C9H13NO3/c11-5-8-9(13-6-10-8)7-1-3-12-4-2-7/h6-7,11H,1-5H2. The van der Waals surface area contributed by atoms with Crippen molar-refractivity contribution in [3.63, 3.8) is 0 Å². The van der Waals surface area contributed by atoms with E-state index in [4.69, 9.17) is 14.3 Å². The monoisotopic (exact) mass is 183 g/mol. The smallest absolute Gasteiger partial charge is 0.181 e. The van der Waals surface area contributed by atoms with Crippen molar-refractivity contribution in [2.45, 2.75) is 25.4 Å². The Bertz CT molecular complexity index is 266. The van der Waals surface area contributed by atoms with Gasteiger partial charge >= 0.3 is 0 Å². The average Bonchev–Trinajstić information content (AvgIpc) is 2.67. The van der Waals surface area contributed by atoms with Gasteiger partial charge in [-0.3, -0.25) is 0 Å². The zero-order valence-corrected chi connectivity index (χ0v) is 7.40. The molecule has 4 nitrogen and oxygen atoms in total. The van der Waals surface area contributed by atoms with Gasteiger partial charge in [0, 0.05) is 19.1 Å². The number of rotatable bonds is 2. The Morgan fingerprint density at radius 2 is 2.23 bits per heavy atom. The fourth-order valence-electron chi connectivity index (χ4n) is 1.69. The lowest BCUT2D eigenvalue weighted by Crippen LogP contribution is -2.14. The number of aliphatic hydroxyl groups is 1. The number of aliphatic hydroxyl groups excluding tert-OH is 1. The molecule has 2 rings (SSSR count). The van der Waals surface area contributed by atoms with Gasteiger partial charge in [0.05, 0.1) is 6.61 Å². The van der Waals surface area contributed by atoms with E-state index in [1.807, 2.05) is 0 Å². The molecule has 0 radical (unpaired) electrons. The first-order valence-electron chi connectivity index (χ1n) is 4.52. The molecule has 0 aromatic carbocycles. The SMILES string of the molecule is OCc1ncoc1C1CCOCC1. The van der Waals surface area contributed by atoms with Crippen molar-refractivity contribution in [1.82, 2.24) is 4.98 Å². The Labute approximate surface area is 76.5 Å². The van der Waals surface area contributed by atoms with Crippen molar-refractivity contribution >= 4 is 0 Å². The van der Waals surface area contributed by atoms with E-state index >= 15 is 0 Å². The van der Waals surface area contributed by atoms with Gasteiger partial charge in [-0.05, 0) is 12.8 Å². The first-order chi connectivity index (χ1) is 6.42. The van der Waals surface area contributed by atoms with E-state index in [0.717, 1.165) is 31.8 Å². The molecule has 72 valence electrons. The maximum absolute atomic E-state index is 8.98. The third-order valence-corrected chi connectivity index (χ3v) is 2.41. The second kappa shape index (κ2) is 3.89. The molecule has 1 fully saturated rings. The number of aromatic nitrogens is 1. The highest BCUT2D eigenvalue weighted by Crippen LogP contribution is 2.28. The van der Waals surface area contributed by atoms with Crippen molar-refractivity contribution in [2.24, 2.45) is 0 Å². The Hall–Kier alpha value is -0.870. The second-order valence-electron chi connectivity index (χ2n) is 3.21. The minimum atomic E-state index is -0.0385. The molecule has 0 bridgehead atoms. The highest BCUT2D eigenvalue weighted by atomic mass is 16.5. The summed E-state index contributed by atoms with van der Waals surface area (Å²) in [6.07, 6.45) is 3.32. The molecule has 0 saturated carbocycles. The van der Waals surface area contributed by atoms with Crippen LogP contribution in [0.1, 0.15) is 30.2 Å². The van der Waals surface area contributed by atoms with Crippen LogP contribution in [0.4, 0.5) is 0 Å². The van der Waals surface area contributed by atoms with Crippen molar-refractivity contribution < 1.29 is 14.3 Å². The quantitative estimate of drug-likeness (QED) is 0.744. The van der Waals surface area contributed by atoms with E-state index in [1.165, 1.54) is 6.39 Å². The van der Waals surface area contributed by atoms with Crippen LogP contribution in [0.2, 0.25) is 0 Å². The second-order valence-corrected chi connectivity index (χ2v) is 3.21. The summed E-state index contributed by atoms with van der Waals surface area (Å²) in [5.41, 5.74) is 0.673. The van der Waals surface area contributed by atoms with Crippen LogP contribution < -0.4 is 0 Å². The summed E-state index contributed by atoms with van der Waals surface area (Å²) in [6.45, 7) is 1.51. The Kier molecular flexibility index (Phi) is 2.61. The third-order valence-electron chi connectivity index (χ3n) is 2.41. The summed E-state index contributed by atoms with van der Waals surface area (Å²) in [5.74, 6) is 1.21. The summed E-state index contributed by atoms with van der Waals surface area (Å²) < 4.78 is 10.5. The molecule has 1 aliphatic rings. The van der Waals surface area contributed by atoms with Crippen molar-refractivity contribution in [3.05, 3.63) is 17.8 Å². The maximum Gasteiger partial charge on any atom is 0.181 e. The number of nitrogens with zero attached hydrogens (tertiary/aromatic N) is 1. The highest BCUT2D eigenvalue weighted by molar-refractivity contribution is 5.12. The van der Waals surface area contributed by atoms with Gasteiger partial charge < -0.3 is 14.3 Å². The molecule has 0 unspecified atom stereocenters. The largest absolute Gasteiger partial charge is 0.448 e. The molecule has 0 spiro atoms. The fraction of sp³-hybridized carbons (Fsp3) is 0.667. The van der Waals surface area contributed by atoms with Crippen LogP contribution in [0.3, 0.4) is 0 Å². The van der Waals surface area contributed by atoms with E-state index in [1.54, 1.807) is 0 Å². The molecule has 0 atom stereocenters. The summed E-state index contributed by atoms with van der Waals surface area (Å²) in [5, 5.41) is 8.98. The molecule has 0 amide bonds. The zero-order chi connectivity index (χ0) is 9.10. The lowest BCUT2D eigenvalue weighted by atomic mass is 9.96. The minimum Gasteiger partial charge on any atom is -0.448 e. The summed E-state index contributed by atoms with van der Waals surface area (Å²) in [6, 6.07) is 0. The van der Waals surface area contributed by atoms with Gasteiger partial charge in [0.25, 0.3) is 0 Å². The van der Waals surface area contributed by atoms with Crippen LogP contribution in [-0.2, 0) is 11.3 Å². The van der Waals surface area contributed by atoms with Crippen molar-refractivity contribution in [3.8, 4) is 0 Å². The topological polar surface area (TPSA) is 55.5 Å². The Morgan fingerprint density at radius 3 is 2.92 bits per heavy atom. The third kappa shape index (κ3) is 1.73. The molecule has 2 heterocycles. The molecule has 4 heteroatoms. The maximum atomic E-state index is 8.98. The van der Waals surface area contributed by atoms with Crippen LogP contribution in [-0.4, -0.2) is 23.3 Å². The van der Waals surface area contributed by atoms with Crippen molar-refractivity contribution in [1.29, 1.82) is 0 Å². The van der Waals surface area contributed by atoms with E-state index in [9.17, 15) is 0 Å². The molecule has 1 aromatic heterocycles. The molecule has 0 aliphatic carbocycles. The average molecular weight is 183 g/mol. The van der Waals surface area contributed by atoms with Gasteiger partial charge in [0.1, 0.15) is 11.5 Å². The molecule has 1 aromatic rings. The van der Waals surface area contributed by atoms with Gasteiger partial charge in [0.2, 0.25) is 0 Å². The molecule has 1 N–H and O–H groups in total. The summed E-state index contributed by atoms with van der Waals surface area (Å²) in [4.78, 5) is 3.95. The van der Waals surface area contributed by atoms with E-state index in [0.29, 0.717) is 11.6 Å². The van der Waals surface area contributed by atoms with E-state index < -0.39 is 0 Å². The summed E-state index contributed by atoms with van der Waals surface area (Å²) in [7, 11) is 0. The predicted octanol–water partition coefficient (Wildman–Crippen LogP) is 1.06. The molecular formula is C9H13NO3. The van der Waals surface area contributed by atoms with E-state index in [-0.39, 0.29) is 6.61 Å². The zero-order valence-electron chi connectivity index (χ0n) is 7.40. The normalized spacial score (nSPS) is 19.2. The highest BCUT2D eigenvalue weighted by Gasteiger charge is 2.22. The summed E-state index contributed by atoms with van der Waals surface area (Å²) >= 11 is 0. The van der Waals surface area contributed by atoms with E-state index in [2.05, 4.69) is 4.98 Å². The fourth-order valence-corrected chi connectivity index (χ4v) is 1.69. The first-order valence-corrected chi connectivity index (χ1v) is 4.52. The van der Waals surface area contributed by atoms with Gasteiger partial charge in [-0.2, -0.15) is 0 Å². The first kappa shape index (κ1) is 8.72. The Morgan fingerprint density at radius 1 is 1.46 bits per heavy atom. The van der Waals surface area contributed by atoms with Gasteiger partial charge in [-0.1, -0.05) is 0 Å². The van der Waals surface area contributed by atoms with Crippen LogP contribution >= 0.6 is 0 Å². The van der Waals surface area contributed by atoms with Crippen molar-refractivity contribution in [2.75, 3.05) is 13.2 Å². The molecule has 13 heavy (non-hydrogen) atoms. The van der Waals surface area contributed by atoms with Gasteiger partial charge in [0.15, 0.2) is 6.39 Å². The predicted molar refractivity (Wildman–Crippen MR) is 45.2 cm³/mol. The Balaban J connectivity index is 2.13. The molecular weight excluding hydrogens is 170 g/mol. The minimum absolute atomic E-state index is 0.0385. The van der Waals surface area contributed by atoms with Gasteiger partial charge in [-0.25, -0.2) is 4.98 Å². The molecule has 1 aliphatic heterocycles.